The second kappa shape index (κ2) is 5.88. The number of benzene rings is 1. The molecule has 6 rings (SSSR count). The maximum absolute atomic E-state index is 5.23. The van der Waals surface area contributed by atoms with Gasteiger partial charge in [0.15, 0.2) is 0 Å². The highest BCUT2D eigenvalue weighted by Gasteiger charge is 2.37. The van der Waals surface area contributed by atoms with Crippen molar-refractivity contribution in [2.45, 2.75) is 90.4 Å². The summed E-state index contributed by atoms with van der Waals surface area (Å²) >= 11 is 0. The molecule has 160 valence electrons. The van der Waals surface area contributed by atoms with Crippen LogP contribution < -0.4 is 0 Å². The Morgan fingerprint density at radius 1 is 0.806 bits per heavy atom. The highest BCUT2D eigenvalue weighted by Crippen LogP contribution is 2.54. The maximum Gasteiger partial charge on any atom is 0.147 e. The minimum atomic E-state index is -0.00739. The number of hydrogen-bond acceptors (Lipinski definition) is 2. The minimum absolute atomic E-state index is 0.00739. The molecule has 2 atom stereocenters. The molecule has 0 N–H and O–H groups in total. The molecule has 1 saturated carbocycles. The van der Waals surface area contributed by atoms with Crippen molar-refractivity contribution in [1.29, 1.82) is 0 Å². The Balaban J connectivity index is 1.76. The highest BCUT2D eigenvalue weighted by molar-refractivity contribution is 5.98. The topological polar surface area (TPSA) is 30.2 Å². The smallest absolute Gasteiger partial charge is 0.147 e. The van der Waals surface area contributed by atoms with E-state index >= 15 is 0 Å². The molecule has 31 heavy (non-hydrogen) atoms. The molecule has 2 unspecified atom stereocenters. The normalized spacial score (nSPS) is 21.0. The van der Waals surface area contributed by atoms with Gasteiger partial charge in [-0.2, -0.15) is 0 Å². The summed E-state index contributed by atoms with van der Waals surface area (Å²) in [5, 5.41) is 1.16. The van der Waals surface area contributed by atoms with Gasteiger partial charge < -0.3 is 0 Å². The number of fused-ring (bicyclic) bond motifs is 10. The third kappa shape index (κ3) is 2.65. The molecule has 3 nitrogen and oxygen atoms in total. The molecule has 0 amide bonds. The Bertz CT molecular complexity index is 1390. The van der Waals surface area contributed by atoms with E-state index in [0.29, 0.717) is 0 Å². The zero-order valence-electron chi connectivity index (χ0n) is 19.9. The highest BCUT2D eigenvalue weighted by atomic mass is 15.0. The van der Waals surface area contributed by atoms with Crippen LogP contribution in [0.4, 0.5) is 0 Å². The first-order chi connectivity index (χ1) is 14.5. The molecular formula is C28H33N3. The number of aryl methyl sites for hydroxylation is 1. The van der Waals surface area contributed by atoms with E-state index in [-0.39, 0.29) is 10.8 Å². The molecule has 0 saturated heterocycles. The van der Waals surface area contributed by atoms with Crippen LogP contribution in [0.3, 0.4) is 0 Å². The van der Waals surface area contributed by atoms with Gasteiger partial charge in [-0.25, -0.2) is 4.98 Å². The van der Waals surface area contributed by atoms with Gasteiger partial charge in [-0.1, -0.05) is 41.5 Å². The van der Waals surface area contributed by atoms with E-state index < -0.39 is 0 Å². The van der Waals surface area contributed by atoms with Crippen LogP contribution >= 0.6 is 0 Å². The predicted molar refractivity (Wildman–Crippen MR) is 129 cm³/mol. The van der Waals surface area contributed by atoms with Gasteiger partial charge in [-0.15, -0.1) is 0 Å². The average molecular weight is 412 g/mol. The van der Waals surface area contributed by atoms with E-state index in [1.165, 1.54) is 41.7 Å². The third-order valence-electron chi connectivity index (χ3n) is 7.65. The van der Waals surface area contributed by atoms with Crippen LogP contribution in [0.25, 0.3) is 27.6 Å². The van der Waals surface area contributed by atoms with E-state index in [4.69, 9.17) is 9.97 Å². The summed E-state index contributed by atoms with van der Waals surface area (Å²) in [4.78, 5) is 10.4. The lowest BCUT2D eigenvalue weighted by Crippen LogP contribution is -2.18. The molecule has 0 aliphatic heterocycles. The molecule has 2 aliphatic carbocycles. The molecule has 0 spiro atoms. The van der Waals surface area contributed by atoms with Crippen molar-refractivity contribution in [1.82, 2.24) is 14.4 Å². The molecule has 3 aromatic heterocycles. The van der Waals surface area contributed by atoms with Gasteiger partial charge in [0, 0.05) is 27.6 Å². The Hall–Kier alpha value is -2.42. The molecular weight excluding hydrogens is 378 g/mol. The van der Waals surface area contributed by atoms with Gasteiger partial charge in [-0.3, -0.25) is 9.38 Å². The number of imidazole rings is 1. The van der Waals surface area contributed by atoms with E-state index in [1.807, 2.05) is 0 Å². The Morgan fingerprint density at radius 3 is 2.13 bits per heavy atom. The molecule has 3 heteroatoms. The molecule has 2 aliphatic rings. The Labute approximate surface area is 184 Å². The molecule has 4 aromatic rings. The summed E-state index contributed by atoms with van der Waals surface area (Å²) in [6.45, 7) is 15.8. The second-order valence-electron chi connectivity index (χ2n) is 12.1. The van der Waals surface area contributed by atoms with Gasteiger partial charge in [0.25, 0.3) is 0 Å². The van der Waals surface area contributed by atoms with E-state index in [9.17, 15) is 0 Å². The fourth-order valence-electron chi connectivity index (χ4n) is 6.26. The number of hydrogen-bond donors (Lipinski definition) is 0. The van der Waals surface area contributed by atoms with Crippen LogP contribution in [-0.4, -0.2) is 14.4 Å². The van der Waals surface area contributed by atoms with Gasteiger partial charge in [-0.05, 0) is 79.0 Å². The van der Waals surface area contributed by atoms with Crippen LogP contribution in [-0.2, 0) is 10.8 Å². The zero-order valence-corrected chi connectivity index (χ0v) is 19.9. The van der Waals surface area contributed by atoms with Gasteiger partial charge in [0.1, 0.15) is 5.65 Å². The van der Waals surface area contributed by atoms with Crippen LogP contribution in [0.2, 0.25) is 0 Å². The summed E-state index contributed by atoms with van der Waals surface area (Å²) in [6.07, 6.45) is 4.05. The van der Waals surface area contributed by atoms with Crippen LogP contribution in [0.1, 0.15) is 101 Å². The van der Waals surface area contributed by atoms with Gasteiger partial charge in [0.2, 0.25) is 0 Å². The third-order valence-corrected chi connectivity index (χ3v) is 7.65. The van der Waals surface area contributed by atoms with Crippen molar-refractivity contribution in [2.24, 2.45) is 0 Å². The number of rotatable bonds is 0. The number of nitrogens with zero attached hydrogens (tertiary/aromatic N) is 3. The van der Waals surface area contributed by atoms with Crippen molar-refractivity contribution < 1.29 is 0 Å². The lowest BCUT2D eigenvalue weighted by Gasteiger charge is -2.24. The fraction of sp³-hybridized carbons (Fsp3) is 0.500. The standard InChI is InChI=1S/C28H33N3/c1-15-10-20-21(29-25(15)28(5,6)7)14-24(27(2,3)4)31-23-13-19-17-9-8-16(11-17)18(19)12-22(23)30-26(20)31/h10,12-14,16-17H,8-9,11H2,1-7H3. The summed E-state index contributed by atoms with van der Waals surface area (Å²) in [7, 11) is 0. The molecule has 1 aromatic carbocycles. The molecule has 2 bridgehead atoms. The first kappa shape index (κ1) is 19.3. The number of aromatic nitrogens is 3. The number of pyridine rings is 2. The first-order valence-electron chi connectivity index (χ1n) is 11.8. The summed E-state index contributed by atoms with van der Waals surface area (Å²) in [5.41, 5.74) is 11.4. The lowest BCUT2D eigenvalue weighted by molar-refractivity contribution is 0.561. The van der Waals surface area contributed by atoms with Gasteiger partial charge in [0.05, 0.1) is 16.6 Å². The Kier molecular flexibility index (Phi) is 3.66. The maximum atomic E-state index is 5.23. The van der Waals surface area contributed by atoms with E-state index in [0.717, 1.165) is 33.9 Å². The lowest BCUT2D eigenvalue weighted by atomic mass is 9.87. The zero-order chi connectivity index (χ0) is 21.9. The summed E-state index contributed by atoms with van der Waals surface area (Å²) < 4.78 is 2.43. The van der Waals surface area contributed by atoms with Crippen molar-refractivity contribution >= 4 is 27.6 Å². The van der Waals surface area contributed by atoms with Crippen LogP contribution in [0.15, 0.2) is 24.3 Å². The minimum Gasteiger partial charge on any atom is -0.295 e. The van der Waals surface area contributed by atoms with Crippen molar-refractivity contribution in [3.8, 4) is 0 Å². The molecule has 3 heterocycles. The van der Waals surface area contributed by atoms with Gasteiger partial charge >= 0.3 is 0 Å². The Morgan fingerprint density at radius 2 is 1.48 bits per heavy atom. The summed E-state index contributed by atoms with van der Waals surface area (Å²) in [6, 6.07) is 9.51. The SMILES string of the molecule is Cc1cc2c(cc(C(C)(C)C)n3c4cc5c(cc4nc23)C2CCC5C2)nc1C(C)(C)C. The summed E-state index contributed by atoms with van der Waals surface area (Å²) in [5.74, 6) is 1.51. The monoisotopic (exact) mass is 411 g/mol. The van der Waals surface area contributed by atoms with Crippen molar-refractivity contribution in [2.75, 3.05) is 0 Å². The predicted octanol–water partition coefficient (Wildman–Crippen LogP) is 7.30. The van der Waals surface area contributed by atoms with E-state index in [1.54, 1.807) is 11.1 Å². The average Bonchev–Trinajstić information content (AvgIpc) is 3.37. The quantitative estimate of drug-likeness (QED) is 0.304. The van der Waals surface area contributed by atoms with E-state index in [2.05, 4.69) is 77.1 Å². The van der Waals surface area contributed by atoms with Crippen LogP contribution in [0.5, 0.6) is 0 Å². The van der Waals surface area contributed by atoms with Crippen molar-refractivity contribution in [3.63, 3.8) is 0 Å². The van der Waals surface area contributed by atoms with Crippen LogP contribution in [0, 0.1) is 6.92 Å². The molecule has 0 radical (unpaired) electrons. The largest absolute Gasteiger partial charge is 0.295 e. The fourth-order valence-corrected chi connectivity index (χ4v) is 6.26. The second-order valence-corrected chi connectivity index (χ2v) is 12.1. The van der Waals surface area contributed by atoms with Crippen molar-refractivity contribution in [3.05, 3.63) is 52.3 Å². The first-order valence-corrected chi connectivity index (χ1v) is 11.8. The molecule has 1 fully saturated rings.